The third-order valence-electron chi connectivity index (χ3n) is 3.17. The van der Waals surface area contributed by atoms with Gasteiger partial charge in [0.25, 0.3) is 0 Å². The summed E-state index contributed by atoms with van der Waals surface area (Å²) in [5.41, 5.74) is 1.36. The van der Waals surface area contributed by atoms with Crippen LogP contribution < -0.4 is 9.47 Å². The van der Waals surface area contributed by atoms with Crippen LogP contribution in [0, 0.1) is 5.92 Å². The predicted molar refractivity (Wildman–Crippen MR) is 69.8 cm³/mol. The molecule has 16 heavy (non-hydrogen) atoms. The molecule has 86 valence electrons. The summed E-state index contributed by atoms with van der Waals surface area (Å²) in [6, 6.07) is 4.30. The SMILES string of the molecule is BrCC1CC1c1cc(Br)c2c(c1)OCCO2. The minimum absolute atomic E-state index is 0.637. The van der Waals surface area contributed by atoms with Gasteiger partial charge in [-0.2, -0.15) is 0 Å². The van der Waals surface area contributed by atoms with Gasteiger partial charge >= 0.3 is 0 Å². The van der Waals surface area contributed by atoms with E-state index in [0.717, 1.165) is 27.2 Å². The molecule has 0 spiro atoms. The van der Waals surface area contributed by atoms with E-state index in [-0.39, 0.29) is 0 Å². The standard InChI is InChI=1S/C12H12Br2O2/c13-6-8-3-9(8)7-4-10(14)12-11(5-7)15-1-2-16-12/h4-5,8-9H,1-3,6H2. The van der Waals surface area contributed by atoms with E-state index in [4.69, 9.17) is 9.47 Å². The minimum Gasteiger partial charge on any atom is -0.486 e. The van der Waals surface area contributed by atoms with Crippen LogP contribution in [0.1, 0.15) is 17.9 Å². The number of hydrogen-bond acceptors (Lipinski definition) is 2. The van der Waals surface area contributed by atoms with Gasteiger partial charge in [0.15, 0.2) is 11.5 Å². The van der Waals surface area contributed by atoms with Crippen LogP contribution in [0.25, 0.3) is 0 Å². The molecule has 0 radical (unpaired) electrons. The normalized spacial score (nSPS) is 26.6. The quantitative estimate of drug-likeness (QED) is 0.759. The Morgan fingerprint density at radius 3 is 2.81 bits per heavy atom. The molecule has 0 amide bonds. The van der Waals surface area contributed by atoms with Gasteiger partial charge in [-0.1, -0.05) is 15.9 Å². The molecule has 1 saturated carbocycles. The first-order valence-electron chi connectivity index (χ1n) is 5.44. The third-order valence-corrected chi connectivity index (χ3v) is 4.59. The molecule has 2 nitrogen and oxygen atoms in total. The van der Waals surface area contributed by atoms with Crippen molar-refractivity contribution < 1.29 is 9.47 Å². The number of alkyl halides is 1. The first-order valence-corrected chi connectivity index (χ1v) is 7.36. The first-order chi connectivity index (χ1) is 7.79. The zero-order chi connectivity index (χ0) is 11.1. The Morgan fingerprint density at radius 1 is 1.25 bits per heavy atom. The lowest BCUT2D eigenvalue weighted by molar-refractivity contribution is 0.170. The predicted octanol–water partition coefficient (Wildman–Crippen LogP) is 3.72. The van der Waals surface area contributed by atoms with E-state index in [0.29, 0.717) is 19.1 Å². The van der Waals surface area contributed by atoms with Gasteiger partial charge in [0.05, 0.1) is 4.47 Å². The number of hydrogen-bond donors (Lipinski definition) is 0. The summed E-state index contributed by atoms with van der Waals surface area (Å²) in [4.78, 5) is 0. The molecule has 0 saturated heterocycles. The van der Waals surface area contributed by atoms with Gasteiger partial charge in [-0.05, 0) is 51.9 Å². The second-order valence-corrected chi connectivity index (χ2v) is 5.79. The molecule has 4 heteroatoms. The van der Waals surface area contributed by atoms with Gasteiger partial charge in [0.2, 0.25) is 0 Å². The summed E-state index contributed by atoms with van der Waals surface area (Å²) in [5, 5.41) is 1.09. The zero-order valence-corrected chi connectivity index (χ0v) is 11.9. The molecule has 1 aromatic rings. The van der Waals surface area contributed by atoms with Crippen LogP contribution in [0.2, 0.25) is 0 Å². The van der Waals surface area contributed by atoms with E-state index >= 15 is 0 Å². The van der Waals surface area contributed by atoms with Crippen LogP contribution in [0.15, 0.2) is 16.6 Å². The number of fused-ring (bicyclic) bond motifs is 1. The molecule has 1 heterocycles. The Kier molecular flexibility index (Phi) is 2.88. The van der Waals surface area contributed by atoms with Crippen molar-refractivity contribution in [2.75, 3.05) is 18.5 Å². The van der Waals surface area contributed by atoms with Gasteiger partial charge in [0.1, 0.15) is 13.2 Å². The van der Waals surface area contributed by atoms with E-state index in [1.54, 1.807) is 0 Å². The van der Waals surface area contributed by atoms with Gasteiger partial charge in [-0.25, -0.2) is 0 Å². The lowest BCUT2D eigenvalue weighted by Crippen LogP contribution is -2.15. The van der Waals surface area contributed by atoms with Crippen molar-refractivity contribution in [2.45, 2.75) is 12.3 Å². The van der Waals surface area contributed by atoms with E-state index in [9.17, 15) is 0 Å². The zero-order valence-electron chi connectivity index (χ0n) is 8.71. The Hall–Kier alpha value is -0.220. The van der Waals surface area contributed by atoms with Crippen LogP contribution in [-0.4, -0.2) is 18.5 Å². The second-order valence-electron chi connectivity index (χ2n) is 4.28. The molecule has 1 fully saturated rings. The maximum absolute atomic E-state index is 5.63. The maximum Gasteiger partial charge on any atom is 0.175 e. The van der Waals surface area contributed by atoms with Gasteiger partial charge in [-0.15, -0.1) is 0 Å². The molecule has 2 atom stereocenters. The van der Waals surface area contributed by atoms with Crippen molar-refractivity contribution in [3.8, 4) is 11.5 Å². The first kappa shape index (κ1) is 10.9. The Morgan fingerprint density at radius 2 is 2.06 bits per heavy atom. The van der Waals surface area contributed by atoms with Crippen LogP contribution in [0.5, 0.6) is 11.5 Å². The number of halogens is 2. The fourth-order valence-electron chi connectivity index (χ4n) is 2.17. The molecule has 1 aliphatic heterocycles. The van der Waals surface area contributed by atoms with Crippen molar-refractivity contribution in [1.29, 1.82) is 0 Å². The number of rotatable bonds is 2. The fourth-order valence-corrected chi connectivity index (χ4v) is 3.46. The highest BCUT2D eigenvalue weighted by molar-refractivity contribution is 9.10. The van der Waals surface area contributed by atoms with Crippen molar-refractivity contribution in [2.24, 2.45) is 5.92 Å². The molecule has 0 bridgehead atoms. The average molecular weight is 348 g/mol. The summed E-state index contributed by atoms with van der Waals surface area (Å²) in [6.45, 7) is 1.29. The fraction of sp³-hybridized carbons (Fsp3) is 0.500. The highest BCUT2D eigenvalue weighted by Gasteiger charge is 2.38. The van der Waals surface area contributed by atoms with Crippen LogP contribution in [0.3, 0.4) is 0 Å². The van der Waals surface area contributed by atoms with Crippen molar-refractivity contribution in [3.05, 3.63) is 22.2 Å². The Balaban J connectivity index is 1.93. The summed E-state index contributed by atoms with van der Waals surface area (Å²) in [7, 11) is 0. The molecule has 0 N–H and O–H groups in total. The van der Waals surface area contributed by atoms with Gasteiger partial charge < -0.3 is 9.47 Å². The van der Waals surface area contributed by atoms with E-state index in [1.807, 2.05) is 0 Å². The monoisotopic (exact) mass is 346 g/mol. The lowest BCUT2D eigenvalue weighted by Gasteiger charge is -2.20. The van der Waals surface area contributed by atoms with Crippen LogP contribution in [0.4, 0.5) is 0 Å². The molecule has 1 aromatic carbocycles. The van der Waals surface area contributed by atoms with E-state index in [2.05, 4.69) is 44.0 Å². The topological polar surface area (TPSA) is 18.5 Å². The molecule has 1 aliphatic carbocycles. The van der Waals surface area contributed by atoms with Crippen LogP contribution in [-0.2, 0) is 0 Å². The van der Waals surface area contributed by atoms with Gasteiger partial charge in [0, 0.05) is 5.33 Å². The highest BCUT2D eigenvalue weighted by Crippen LogP contribution is 2.51. The molecular formula is C12H12Br2O2. The molecular weight excluding hydrogens is 336 g/mol. The van der Waals surface area contributed by atoms with Crippen molar-refractivity contribution in [1.82, 2.24) is 0 Å². The summed E-state index contributed by atoms with van der Waals surface area (Å²) in [5.74, 6) is 3.21. The smallest absolute Gasteiger partial charge is 0.175 e. The van der Waals surface area contributed by atoms with Gasteiger partial charge in [-0.3, -0.25) is 0 Å². The minimum atomic E-state index is 0.637. The highest BCUT2D eigenvalue weighted by atomic mass is 79.9. The third kappa shape index (κ3) is 1.86. The summed E-state index contributed by atoms with van der Waals surface area (Å²) >= 11 is 7.09. The molecule has 2 aliphatic rings. The van der Waals surface area contributed by atoms with E-state index < -0.39 is 0 Å². The average Bonchev–Trinajstić information content (AvgIpc) is 3.08. The van der Waals surface area contributed by atoms with E-state index in [1.165, 1.54) is 12.0 Å². The molecule has 2 unspecified atom stereocenters. The number of ether oxygens (including phenoxy) is 2. The number of benzene rings is 1. The largest absolute Gasteiger partial charge is 0.486 e. The summed E-state index contributed by atoms with van der Waals surface area (Å²) < 4.78 is 12.2. The molecule has 3 rings (SSSR count). The second kappa shape index (κ2) is 4.22. The van der Waals surface area contributed by atoms with Crippen molar-refractivity contribution in [3.63, 3.8) is 0 Å². The Bertz CT molecular complexity index is 420. The Labute approximate surface area is 112 Å². The van der Waals surface area contributed by atoms with Crippen LogP contribution >= 0.6 is 31.9 Å². The maximum atomic E-state index is 5.63. The lowest BCUT2D eigenvalue weighted by atomic mass is 10.1. The molecule has 0 aromatic heterocycles. The summed E-state index contributed by atoms with van der Waals surface area (Å²) in [6.07, 6.45) is 1.28. The van der Waals surface area contributed by atoms with Crippen molar-refractivity contribution >= 4 is 31.9 Å².